The zero-order chi connectivity index (χ0) is 19.4. The molecule has 7 nitrogen and oxygen atoms in total. The van der Waals surface area contributed by atoms with Crippen LogP contribution < -0.4 is 15.1 Å². The van der Waals surface area contributed by atoms with Crippen LogP contribution in [0.4, 0.5) is 17.1 Å². The van der Waals surface area contributed by atoms with Gasteiger partial charge in [-0.15, -0.1) is 0 Å². The van der Waals surface area contributed by atoms with Gasteiger partial charge in [-0.3, -0.25) is 14.9 Å². The Bertz CT molecular complexity index is 851. The minimum atomic E-state index is -0.463. The molecular formula is C19H22ClN4O3+. The van der Waals surface area contributed by atoms with Crippen molar-refractivity contribution in [3.63, 3.8) is 0 Å². The lowest BCUT2D eigenvalue weighted by atomic mass is 10.2. The Hall–Kier alpha value is -2.64. The molecule has 0 radical (unpaired) electrons. The highest BCUT2D eigenvalue weighted by Gasteiger charge is 2.23. The maximum Gasteiger partial charge on any atom is 0.279 e. The number of anilines is 2. The van der Waals surface area contributed by atoms with E-state index in [0.717, 1.165) is 37.4 Å². The van der Waals surface area contributed by atoms with Gasteiger partial charge in [0.1, 0.15) is 0 Å². The first-order valence-corrected chi connectivity index (χ1v) is 9.19. The summed E-state index contributed by atoms with van der Waals surface area (Å²) in [5, 5.41) is 14.4. The maximum atomic E-state index is 12.4. The van der Waals surface area contributed by atoms with Crippen LogP contribution in [0, 0.1) is 17.0 Å². The summed E-state index contributed by atoms with van der Waals surface area (Å²) < 4.78 is 0. The summed E-state index contributed by atoms with van der Waals surface area (Å²) in [5.41, 5.74) is 2.36. The maximum absolute atomic E-state index is 12.4. The lowest BCUT2D eigenvalue weighted by molar-refractivity contribution is -0.892. The molecule has 2 N–H and O–H groups in total. The molecule has 1 heterocycles. The van der Waals surface area contributed by atoms with Gasteiger partial charge in [0.25, 0.3) is 11.6 Å². The first-order chi connectivity index (χ1) is 12.9. The van der Waals surface area contributed by atoms with Crippen molar-refractivity contribution in [2.24, 2.45) is 0 Å². The number of piperazine rings is 1. The number of benzene rings is 2. The average Bonchev–Trinajstić information content (AvgIpc) is 2.64. The Kier molecular flexibility index (Phi) is 5.93. The molecule has 0 bridgehead atoms. The summed E-state index contributed by atoms with van der Waals surface area (Å²) in [6.07, 6.45) is 0. The number of nitro benzene ring substituents is 1. The van der Waals surface area contributed by atoms with Crippen LogP contribution in [0.2, 0.25) is 5.02 Å². The van der Waals surface area contributed by atoms with Gasteiger partial charge in [0.15, 0.2) is 6.54 Å². The van der Waals surface area contributed by atoms with Crippen molar-refractivity contribution in [1.29, 1.82) is 0 Å². The number of carbonyl (C=O) groups excluding carboxylic acids is 1. The van der Waals surface area contributed by atoms with Gasteiger partial charge >= 0.3 is 0 Å². The van der Waals surface area contributed by atoms with Gasteiger partial charge in [-0.25, -0.2) is 0 Å². The van der Waals surface area contributed by atoms with E-state index in [1.807, 2.05) is 31.2 Å². The molecule has 0 spiro atoms. The molecule has 8 heteroatoms. The van der Waals surface area contributed by atoms with Crippen molar-refractivity contribution < 1.29 is 14.6 Å². The third kappa shape index (κ3) is 4.96. The molecule has 0 aliphatic carbocycles. The standard InChI is InChI=1S/C19H21ClN4O3/c1-14-5-6-17(24(26)27)12-18(14)21-19(25)13-22-7-9-23(10-8-22)16-4-2-3-15(20)11-16/h2-6,11-12H,7-10,13H2,1H3,(H,21,25)/p+1. The summed E-state index contributed by atoms with van der Waals surface area (Å²) in [6.45, 7) is 5.53. The second kappa shape index (κ2) is 8.37. The number of nitrogens with one attached hydrogen (secondary N) is 2. The lowest BCUT2D eigenvalue weighted by Gasteiger charge is -2.33. The van der Waals surface area contributed by atoms with Crippen LogP contribution in [0.25, 0.3) is 0 Å². The number of quaternary nitrogens is 1. The summed E-state index contributed by atoms with van der Waals surface area (Å²) in [5.74, 6) is -0.134. The molecule has 1 aliphatic heterocycles. The number of nitro groups is 1. The normalized spacial score (nSPS) is 14.8. The van der Waals surface area contributed by atoms with Gasteiger partial charge in [-0.1, -0.05) is 23.7 Å². The van der Waals surface area contributed by atoms with Gasteiger partial charge < -0.3 is 15.1 Å². The van der Waals surface area contributed by atoms with Crippen LogP contribution in [0.1, 0.15) is 5.56 Å². The van der Waals surface area contributed by atoms with Crippen molar-refractivity contribution in [2.75, 3.05) is 42.9 Å². The smallest absolute Gasteiger partial charge is 0.279 e. The molecule has 0 unspecified atom stereocenters. The molecule has 0 saturated carbocycles. The number of aryl methyl sites for hydroxylation is 1. The molecule has 2 aromatic carbocycles. The second-order valence-corrected chi connectivity index (χ2v) is 7.13. The zero-order valence-corrected chi connectivity index (χ0v) is 15.8. The number of nitrogens with zero attached hydrogens (tertiary/aromatic N) is 2. The summed E-state index contributed by atoms with van der Waals surface area (Å²) in [4.78, 5) is 26.3. The van der Waals surface area contributed by atoms with E-state index in [1.54, 1.807) is 6.07 Å². The van der Waals surface area contributed by atoms with E-state index in [-0.39, 0.29) is 11.6 Å². The number of amides is 1. The average molecular weight is 390 g/mol. The van der Waals surface area contributed by atoms with E-state index in [9.17, 15) is 14.9 Å². The van der Waals surface area contributed by atoms with Crippen LogP contribution in [-0.4, -0.2) is 43.6 Å². The highest BCUT2D eigenvalue weighted by molar-refractivity contribution is 6.30. The Balaban J connectivity index is 1.54. The molecule has 1 aliphatic rings. The van der Waals surface area contributed by atoms with Crippen LogP contribution >= 0.6 is 11.6 Å². The molecule has 27 heavy (non-hydrogen) atoms. The van der Waals surface area contributed by atoms with E-state index in [2.05, 4.69) is 10.2 Å². The third-order valence-electron chi connectivity index (χ3n) is 4.76. The molecule has 3 rings (SSSR count). The molecule has 1 fully saturated rings. The summed E-state index contributed by atoms with van der Waals surface area (Å²) in [6, 6.07) is 12.3. The molecule has 0 aromatic heterocycles. The van der Waals surface area contributed by atoms with Crippen molar-refractivity contribution in [2.45, 2.75) is 6.92 Å². The lowest BCUT2D eigenvalue weighted by Crippen LogP contribution is -3.15. The zero-order valence-electron chi connectivity index (χ0n) is 15.1. The monoisotopic (exact) mass is 389 g/mol. The first kappa shape index (κ1) is 19.1. The van der Waals surface area contributed by atoms with Crippen LogP contribution in [0.5, 0.6) is 0 Å². The van der Waals surface area contributed by atoms with Crippen LogP contribution in [0.15, 0.2) is 42.5 Å². The van der Waals surface area contributed by atoms with Gasteiger partial charge in [0.05, 0.1) is 36.8 Å². The molecule has 1 amide bonds. The molecule has 142 valence electrons. The fourth-order valence-corrected chi connectivity index (χ4v) is 3.39. The van der Waals surface area contributed by atoms with E-state index < -0.39 is 4.92 Å². The predicted molar refractivity (Wildman–Crippen MR) is 106 cm³/mol. The van der Waals surface area contributed by atoms with Crippen molar-refractivity contribution >= 4 is 34.6 Å². The highest BCUT2D eigenvalue weighted by Crippen LogP contribution is 2.22. The molecule has 2 aromatic rings. The Morgan fingerprint density at radius 1 is 1.26 bits per heavy atom. The largest absolute Gasteiger partial charge is 0.360 e. The SMILES string of the molecule is Cc1ccc([N+](=O)[O-])cc1NC(=O)C[NH+]1CCN(c2cccc(Cl)c2)CC1. The number of non-ortho nitro benzene ring substituents is 1. The molecular weight excluding hydrogens is 368 g/mol. The van der Waals surface area contributed by atoms with Gasteiger partial charge in [-0.2, -0.15) is 0 Å². The van der Waals surface area contributed by atoms with E-state index >= 15 is 0 Å². The molecule has 0 atom stereocenters. The van der Waals surface area contributed by atoms with Crippen molar-refractivity contribution in [3.8, 4) is 0 Å². The summed E-state index contributed by atoms with van der Waals surface area (Å²) >= 11 is 6.06. The van der Waals surface area contributed by atoms with Crippen LogP contribution in [0.3, 0.4) is 0 Å². The predicted octanol–water partition coefficient (Wildman–Crippen LogP) is 1.90. The summed E-state index contributed by atoms with van der Waals surface area (Å²) in [7, 11) is 0. The fourth-order valence-electron chi connectivity index (χ4n) is 3.21. The number of carbonyl (C=O) groups is 1. The molecule has 1 saturated heterocycles. The van der Waals surface area contributed by atoms with Gasteiger partial charge in [0.2, 0.25) is 0 Å². The first-order valence-electron chi connectivity index (χ1n) is 8.81. The van der Waals surface area contributed by atoms with Crippen molar-refractivity contribution in [3.05, 3.63) is 63.2 Å². The number of hydrogen-bond donors (Lipinski definition) is 2. The Morgan fingerprint density at radius 2 is 2.00 bits per heavy atom. The van der Waals surface area contributed by atoms with Gasteiger partial charge in [0, 0.05) is 22.8 Å². The second-order valence-electron chi connectivity index (χ2n) is 6.70. The van der Waals surface area contributed by atoms with Crippen molar-refractivity contribution in [1.82, 2.24) is 0 Å². The van der Waals surface area contributed by atoms with Crippen LogP contribution in [-0.2, 0) is 4.79 Å². The highest BCUT2D eigenvalue weighted by atomic mass is 35.5. The topological polar surface area (TPSA) is 79.9 Å². The quantitative estimate of drug-likeness (QED) is 0.604. The van der Waals surface area contributed by atoms with E-state index in [4.69, 9.17) is 11.6 Å². The minimum absolute atomic E-state index is 0.0293. The number of hydrogen-bond acceptors (Lipinski definition) is 4. The number of rotatable bonds is 5. The number of halogens is 1. The Labute approximate surface area is 162 Å². The van der Waals surface area contributed by atoms with E-state index in [0.29, 0.717) is 17.3 Å². The van der Waals surface area contributed by atoms with Gasteiger partial charge in [-0.05, 0) is 30.7 Å². The fraction of sp³-hybridized carbons (Fsp3) is 0.316. The third-order valence-corrected chi connectivity index (χ3v) is 5.00. The van der Waals surface area contributed by atoms with E-state index in [1.165, 1.54) is 17.0 Å². The Morgan fingerprint density at radius 3 is 2.67 bits per heavy atom. The minimum Gasteiger partial charge on any atom is -0.360 e.